The van der Waals surface area contributed by atoms with Crippen molar-refractivity contribution in [2.24, 2.45) is 0 Å². The predicted molar refractivity (Wildman–Crippen MR) is 78.7 cm³/mol. The van der Waals surface area contributed by atoms with Crippen molar-refractivity contribution in [2.45, 2.75) is 11.4 Å². The highest BCUT2D eigenvalue weighted by molar-refractivity contribution is 14.1. The van der Waals surface area contributed by atoms with Crippen molar-refractivity contribution in [2.75, 3.05) is 0 Å². The number of carboxylic acids is 1. The Labute approximate surface area is 128 Å². The number of halogens is 1. The van der Waals surface area contributed by atoms with Gasteiger partial charge in [0.25, 0.3) is 0 Å². The number of aromatic amines is 1. The van der Waals surface area contributed by atoms with Crippen molar-refractivity contribution in [1.82, 2.24) is 14.9 Å². The summed E-state index contributed by atoms with van der Waals surface area (Å²) in [7, 11) is -3.77. The standard InChI is InChI=1S/C11H10IN3O4S/c12-10-2-1-8(3-9(10)11(16)17)20(18,19)15-6-7-4-13-14-5-7/h1-5,15H,6H2,(H,13,14)(H,16,17). The van der Waals surface area contributed by atoms with Crippen LogP contribution in [0.25, 0.3) is 0 Å². The third-order valence-corrected chi connectivity index (χ3v) is 4.84. The van der Waals surface area contributed by atoms with Gasteiger partial charge in [-0.1, -0.05) is 0 Å². The maximum absolute atomic E-state index is 12.1. The molecule has 0 unspecified atom stereocenters. The van der Waals surface area contributed by atoms with Crippen LogP contribution in [-0.4, -0.2) is 29.7 Å². The van der Waals surface area contributed by atoms with Gasteiger partial charge < -0.3 is 5.11 Å². The molecule has 2 aromatic rings. The molecule has 0 saturated carbocycles. The molecule has 106 valence electrons. The van der Waals surface area contributed by atoms with Gasteiger partial charge in [-0.05, 0) is 40.8 Å². The number of H-pyrrole nitrogens is 1. The Morgan fingerprint density at radius 2 is 2.20 bits per heavy atom. The Hall–Kier alpha value is -1.46. The van der Waals surface area contributed by atoms with E-state index in [9.17, 15) is 13.2 Å². The molecule has 0 bridgehead atoms. The summed E-state index contributed by atoms with van der Waals surface area (Å²) in [5.74, 6) is -1.17. The second kappa shape index (κ2) is 5.89. The van der Waals surface area contributed by atoms with Crippen LogP contribution >= 0.6 is 22.6 Å². The number of hydrogen-bond donors (Lipinski definition) is 3. The normalized spacial score (nSPS) is 11.4. The van der Waals surface area contributed by atoms with E-state index in [1.165, 1.54) is 18.3 Å². The minimum absolute atomic E-state index is 0.0446. The van der Waals surface area contributed by atoms with Gasteiger partial charge in [-0.15, -0.1) is 0 Å². The first-order valence-corrected chi connectivity index (χ1v) is 7.96. The molecule has 20 heavy (non-hydrogen) atoms. The van der Waals surface area contributed by atoms with Crippen LogP contribution in [0.4, 0.5) is 0 Å². The van der Waals surface area contributed by atoms with Crippen molar-refractivity contribution >= 4 is 38.6 Å². The quantitative estimate of drug-likeness (QED) is 0.645. The number of nitrogens with one attached hydrogen (secondary N) is 2. The van der Waals surface area contributed by atoms with Gasteiger partial charge in [0.2, 0.25) is 10.0 Å². The molecule has 9 heteroatoms. The number of hydrogen-bond acceptors (Lipinski definition) is 4. The molecule has 1 aromatic carbocycles. The molecule has 1 aromatic heterocycles. The number of carboxylic acid groups (broad SMARTS) is 1. The molecule has 0 atom stereocenters. The lowest BCUT2D eigenvalue weighted by molar-refractivity contribution is 0.0695. The second-order valence-electron chi connectivity index (χ2n) is 3.88. The van der Waals surface area contributed by atoms with E-state index in [1.54, 1.807) is 6.20 Å². The number of aromatic carboxylic acids is 1. The molecule has 0 aliphatic rings. The SMILES string of the molecule is O=C(O)c1cc(S(=O)(=O)NCc2cn[nH]c2)ccc1I. The Kier molecular flexibility index (Phi) is 4.40. The molecule has 7 nitrogen and oxygen atoms in total. The number of rotatable bonds is 5. The van der Waals surface area contributed by atoms with Gasteiger partial charge in [-0.2, -0.15) is 5.10 Å². The zero-order valence-electron chi connectivity index (χ0n) is 10.00. The molecular formula is C11H10IN3O4S. The van der Waals surface area contributed by atoms with Gasteiger partial charge in [-0.25, -0.2) is 17.9 Å². The van der Waals surface area contributed by atoms with Gasteiger partial charge in [0.1, 0.15) is 0 Å². The molecule has 0 aliphatic heterocycles. The fourth-order valence-electron chi connectivity index (χ4n) is 1.47. The number of carbonyl (C=O) groups is 1. The molecule has 3 N–H and O–H groups in total. The van der Waals surface area contributed by atoms with E-state index in [0.29, 0.717) is 9.13 Å². The Balaban J connectivity index is 2.25. The lowest BCUT2D eigenvalue weighted by atomic mass is 10.2. The van der Waals surface area contributed by atoms with Crippen LogP contribution in [0.1, 0.15) is 15.9 Å². The van der Waals surface area contributed by atoms with Gasteiger partial charge in [0.15, 0.2) is 0 Å². The van der Waals surface area contributed by atoms with Crippen molar-refractivity contribution in [3.05, 3.63) is 45.3 Å². The largest absolute Gasteiger partial charge is 0.478 e. The smallest absolute Gasteiger partial charge is 0.336 e. The van der Waals surface area contributed by atoms with Crippen molar-refractivity contribution in [3.8, 4) is 0 Å². The first-order chi connectivity index (χ1) is 9.40. The van der Waals surface area contributed by atoms with Crippen molar-refractivity contribution in [1.29, 1.82) is 0 Å². The van der Waals surface area contributed by atoms with E-state index in [-0.39, 0.29) is 17.0 Å². The van der Waals surface area contributed by atoms with Gasteiger partial charge in [0, 0.05) is 21.9 Å². The molecule has 2 rings (SSSR count). The molecule has 0 radical (unpaired) electrons. The third kappa shape index (κ3) is 3.35. The van der Waals surface area contributed by atoms with E-state index < -0.39 is 16.0 Å². The Bertz CT molecular complexity index is 728. The van der Waals surface area contributed by atoms with Crippen LogP contribution in [0, 0.1) is 3.57 Å². The second-order valence-corrected chi connectivity index (χ2v) is 6.81. The summed E-state index contributed by atoms with van der Waals surface area (Å²) in [6, 6.07) is 3.96. The number of nitrogens with zero attached hydrogens (tertiary/aromatic N) is 1. The fourth-order valence-corrected chi connectivity index (χ4v) is 3.08. The molecular weight excluding hydrogens is 397 g/mol. The van der Waals surface area contributed by atoms with E-state index in [0.717, 1.165) is 6.07 Å². The third-order valence-electron chi connectivity index (χ3n) is 2.50. The van der Waals surface area contributed by atoms with E-state index >= 15 is 0 Å². The highest BCUT2D eigenvalue weighted by atomic mass is 127. The predicted octanol–water partition coefficient (Wildman–Crippen LogP) is 1.19. The molecule has 0 aliphatic carbocycles. The van der Waals surface area contributed by atoms with Crippen LogP contribution in [0.5, 0.6) is 0 Å². The lowest BCUT2D eigenvalue weighted by Gasteiger charge is -2.07. The van der Waals surface area contributed by atoms with Gasteiger partial charge in [0.05, 0.1) is 16.7 Å². The minimum atomic E-state index is -3.77. The van der Waals surface area contributed by atoms with Crippen LogP contribution in [0.2, 0.25) is 0 Å². The topological polar surface area (TPSA) is 112 Å². The van der Waals surface area contributed by atoms with Crippen LogP contribution in [0.3, 0.4) is 0 Å². The summed E-state index contributed by atoms with van der Waals surface area (Å²) in [5, 5.41) is 15.3. The van der Waals surface area contributed by atoms with Crippen molar-refractivity contribution in [3.63, 3.8) is 0 Å². The molecule has 1 heterocycles. The maximum Gasteiger partial charge on any atom is 0.336 e. The first kappa shape index (κ1) is 14.9. The summed E-state index contributed by atoms with van der Waals surface area (Å²) in [6.45, 7) is 0.0766. The molecule has 0 saturated heterocycles. The van der Waals surface area contributed by atoms with Crippen molar-refractivity contribution < 1.29 is 18.3 Å². The minimum Gasteiger partial charge on any atom is -0.478 e. The van der Waals surface area contributed by atoms with E-state index in [2.05, 4.69) is 14.9 Å². The average molecular weight is 407 g/mol. The van der Waals surface area contributed by atoms with E-state index in [1.807, 2.05) is 22.6 Å². The Morgan fingerprint density at radius 1 is 1.45 bits per heavy atom. The maximum atomic E-state index is 12.1. The zero-order chi connectivity index (χ0) is 14.8. The molecule has 0 fully saturated rings. The van der Waals surface area contributed by atoms with Crippen LogP contribution in [0.15, 0.2) is 35.5 Å². The summed E-state index contributed by atoms with van der Waals surface area (Å²) in [6.07, 6.45) is 3.07. The average Bonchev–Trinajstić information content (AvgIpc) is 2.89. The first-order valence-electron chi connectivity index (χ1n) is 5.40. The van der Waals surface area contributed by atoms with Crippen LogP contribution < -0.4 is 4.72 Å². The van der Waals surface area contributed by atoms with E-state index in [4.69, 9.17) is 5.11 Å². The van der Waals surface area contributed by atoms with Crippen LogP contribution in [-0.2, 0) is 16.6 Å². The zero-order valence-corrected chi connectivity index (χ0v) is 13.0. The highest BCUT2D eigenvalue weighted by Crippen LogP contribution is 2.18. The van der Waals surface area contributed by atoms with Gasteiger partial charge >= 0.3 is 5.97 Å². The molecule has 0 amide bonds. The monoisotopic (exact) mass is 407 g/mol. The lowest BCUT2D eigenvalue weighted by Crippen LogP contribution is -2.23. The fraction of sp³-hybridized carbons (Fsp3) is 0.0909. The Morgan fingerprint density at radius 3 is 2.80 bits per heavy atom. The molecule has 0 spiro atoms. The highest BCUT2D eigenvalue weighted by Gasteiger charge is 2.18. The summed E-state index contributed by atoms with van der Waals surface area (Å²) >= 11 is 1.84. The summed E-state index contributed by atoms with van der Waals surface area (Å²) < 4.78 is 27.0. The number of aromatic nitrogens is 2. The number of sulfonamides is 1. The summed E-state index contributed by atoms with van der Waals surface area (Å²) in [4.78, 5) is 10.9. The summed E-state index contributed by atoms with van der Waals surface area (Å²) in [5.41, 5.74) is 0.634. The number of benzene rings is 1. The van der Waals surface area contributed by atoms with Gasteiger partial charge in [-0.3, -0.25) is 5.10 Å².